The van der Waals surface area contributed by atoms with E-state index in [1.54, 1.807) is 11.8 Å². The van der Waals surface area contributed by atoms with E-state index in [0.717, 1.165) is 0 Å². The van der Waals surface area contributed by atoms with Crippen molar-refractivity contribution in [3.05, 3.63) is 11.3 Å². The number of carboxylic acid groups (broad SMARTS) is 1. The predicted molar refractivity (Wildman–Crippen MR) is 81.2 cm³/mol. The maximum absolute atomic E-state index is 13.7. The highest BCUT2D eigenvalue weighted by Crippen LogP contribution is 2.39. The molecule has 2 fully saturated rings. The van der Waals surface area contributed by atoms with E-state index in [0.29, 0.717) is 24.5 Å². The van der Waals surface area contributed by atoms with Gasteiger partial charge < -0.3 is 15.7 Å². The average molecular weight is 346 g/mol. The summed E-state index contributed by atoms with van der Waals surface area (Å²) in [6, 6.07) is -0.403. The number of nitrogens with two attached hydrogens (primary N) is 1. The molecule has 0 aromatic rings. The molecule has 0 saturated carbocycles. The fourth-order valence-electron chi connectivity index (χ4n) is 3.24. The van der Waals surface area contributed by atoms with Crippen molar-refractivity contribution in [2.45, 2.75) is 44.3 Å². The van der Waals surface area contributed by atoms with Gasteiger partial charge in [-0.1, -0.05) is 0 Å². The zero-order chi connectivity index (χ0) is 17.6. The van der Waals surface area contributed by atoms with E-state index in [-0.39, 0.29) is 31.7 Å². The Hall–Kier alpha value is -1.93. The molecular weight excluding hydrogens is 325 g/mol. The molecule has 24 heavy (non-hydrogen) atoms. The molecule has 3 rings (SSSR count). The highest BCUT2D eigenvalue weighted by atomic mass is 19.3. The van der Waals surface area contributed by atoms with Crippen molar-refractivity contribution in [1.29, 1.82) is 0 Å². The molecule has 0 radical (unpaired) electrons. The third kappa shape index (κ3) is 2.91. The first-order valence-electron chi connectivity index (χ1n) is 8.02. The van der Waals surface area contributed by atoms with Gasteiger partial charge in [0.1, 0.15) is 6.17 Å². The number of amidine groups is 1. The van der Waals surface area contributed by atoms with E-state index in [1.165, 1.54) is 5.01 Å². The van der Waals surface area contributed by atoms with Crippen molar-refractivity contribution in [3.63, 3.8) is 0 Å². The lowest BCUT2D eigenvalue weighted by Crippen LogP contribution is -2.56. The van der Waals surface area contributed by atoms with E-state index in [1.807, 2.05) is 0 Å². The Balaban J connectivity index is 1.80. The SMILES string of the molecule is C[C@H]1C(F)CN1N=C(C1=C(N)C(F)(F)CC1)N1CC(CC(=O)O)C1. The van der Waals surface area contributed by atoms with Gasteiger partial charge in [0.05, 0.1) is 24.7 Å². The number of hydrogen-bond donors (Lipinski definition) is 2. The Labute approximate surface area is 137 Å². The number of rotatable bonds is 4. The number of allylic oxidation sites excluding steroid dienone is 1. The molecule has 0 spiro atoms. The van der Waals surface area contributed by atoms with Gasteiger partial charge in [0, 0.05) is 31.0 Å². The van der Waals surface area contributed by atoms with Gasteiger partial charge in [-0.3, -0.25) is 9.80 Å². The molecule has 2 saturated heterocycles. The summed E-state index contributed by atoms with van der Waals surface area (Å²) in [6.07, 6.45) is -1.20. The van der Waals surface area contributed by atoms with Crippen LogP contribution in [0.2, 0.25) is 0 Å². The molecule has 9 heteroatoms. The molecule has 0 bridgehead atoms. The van der Waals surface area contributed by atoms with Crippen molar-refractivity contribution in [3.8, 4) is 0 Å². The molecule has 3 N–H and O–H groups in total. The summed E-state index contributed by atoms with van der Waals surface area (Å²) in [5.74, 6) is -3.64. The minimum absolute atomic E-state index is 0.0289. The molecule has 2 heterocycles. The first kappa shape index (κ1) is 16.9. The molecule has 0 amide bonds. The number of carboxylic acids is 1. The molecule has 1 aliphatic carbocycles. The number of nitrogens with zero attached hydrogens (tertiary/aromatic N) is 3. The fourth-order valence-corrected chi connectivity index (χ4v) is 3.24. The summed E-state index contributed by atoms with van der Waals surface area (Å²) in [6.45, 7) is 2.66. The molecule has 3 aliphatic rings. The first-order chi connectivity index (χ1) is 11.2. The van der Waals surface area contributed by atoms with Gasteiger partial charge in [0.25, 0.3) is 5.92 Å². The van der Waals surface area contributed by atoms with Crippen LogP contribution in [0.15, 0.2) is 16.4 Å². The number of carbonyl (C=O) groups is 1. The average Bonchev–Trinajstić information content (AvgIpc) is 2.73. The second kappa shape index (κ2) is 5.86. The van der Waals surface area contributed by atoms with Gasteiger partial charge in [-0.2, -0.15) is 13.9 Å². The Bertz CT molecular complexity index is 602. The number of alkyl halides is 3. The Kier molecular flexibility index (Phi) is 4.13. The summed E-state index contributed by atoms with van der Waals surface area (Å²) in [7, 11) is 0. The van der Waals surface area contributed by atoms with Gasteiger partial charge in [0.2, 0.25) is 0 Å². The third-order valence-corrected chi connectivity index (χ3v) is 4.98. The molecule has 134 valence electrons. The van der Waals surface area contributed by atoms with Crippen LogP contribution in [0.5, 0.6) is 0 Å². The largest absolute Gasteiger partial charge is 0.481 e. The number of aliphatic carboxylic acids is 1. The second-order valence-corrected chi connectivity index (χ2v) is 6.77. The van der Waals surface area contributed by atoms with Gasteiger partial charge in [0.15, 0.2) is 5.84 Å². The third-order valence-electron chi connectivity index (χ3n) is 4.98. The number of hydrazone groups is 1. The van der Waals surface area contributed by atoms with Crippen LogP contribution in [-0.4, -0.2) is 64.6 Å². The van der Waals surface area contributed by atoms with Crippen LogP contribution in [-0.2, 0) is 4.79 Å². The van der Waals surface area contributed by atoms with Crippen LogP contribution in [0.1, 0.15) is 26.2 Å². The van der Waals surface area contributed by atoms with E-state index in [9.17, 15) is 18.0 Å². The lowest BCUT2D eigenvalue weighted by Gasteiger charge is -2.44. The van der Waals surface area contributed by atoms with E-state index in [2.05, 4.69) is 5.10 Å². The number of hydrogen-bond acceptors (Lipinski definition) is 4. The van der Waals surface area contributed by atoms with E-state index in [4.69, 9.17) is 10.8 Å². The van der Waals surface area contributed by atoms with Crippen molar-refractivity contribution < 1.29 is 23.1 Å². The molecule has 2 atom stereocenters. The topological polar surface area (TPSA) is 82.2 Å². The van der Waals surface area contributed by atoms with Gasteiger partial charge in [-0.25, -0.2) is 4.39 Å². The lowest BCUT2D eigenvalue weighted by atomic mass is 9.95. The first-order valence-corrected chi connectivity index (χ1v) is 8.02. The molecule has 0 aromatic carbocycles. The quantitative estimate of drug-likeness (QED) is 0.594. The Morgan fingerprint density at radius 1 is 1.42 bits per heavy atom. The van der Waals surface area contributed by atoms with Crippen LogP contribution in [0, 0.1) is 5.92 Å². The summed E-state index contributed by atoms with van der Waals surface area (Å²) in [5, 5.41) is 14.7. The molecule has 0 aromatic heterocycles. The number of halogens is 3. The normalized spacial score (nSPS) is 30.4. The lowest BCUT2D eigenvalue weighted by molar-refractivity contribution is -0.139. The van der Waals surface area contributed by atoms with Crippen molar-refractivity contribution >= 4 is 11.8 Å². The zero-order valence-corrected chi connectivity index (χ0v) is 13.4. The van der Waals surface area contributed by atoms with Crippen LogP contribution in [0.25, 0.3) is 0 Å². The molecule has 1 unspecified atom stereocenters. The molecular formula is C15H21F3N4O2. The predicted octanol–water partition coefficient (Wildman–Crippen LogP) is 1.39. The minimum atomic E-state index is -3.05. The molecule has 6 nitrogen and oxygen atoms in total. The number of likely N-dealkylation sites (tertiary alicyclic amines) is 1. The minimum Gasteiger partial charge on any atom is -0.481 e. The smallest absolute Gasteiger partial charge is 0.303 e. The van der Waals surface area contributed by atoms with Crippen molar-refractivity contribution in [2.24, 2.45) is 16.8 Å². The van der Waals surface area contributed by atoms with Crippen LogP contribution in [0.4, 0.5) is 13.2 Å². The van der Waals surface area contributed by atoms with E-state index < -0.39 is 29.8 Å². The van der Waals surface area contributed by atoms with Gasteiger partial charge >= 0.3 is 5.97 Å². The van der Waals surface area contributed by atoms with Crippen molar-refractivity contribution in [1.82, 2.24) is 9.91 Å². The monoisotopic (exact) mass is 346 g/mol. The summed E-state index contributed by atoms with van der Waals surface area (Å²) < 4.78 is 40.8. The van der Waals surface area contributed by atoms with Gasteiger partial charge in [-0.15, -0.1) is 0 Å². The highest BCUT2D eigenvalue weighted by Gasteiger charge is 2.45. The van der Waals surface area contributed by atoms with Crippen LogP contribution >= 0.6 is 0 Å². The van der Waals surface area contributed by atoms with Crippen LogP contribution < -0.4 is 5.73 Å². The second-order valence-electron chi connectivity index (χ2n) is 6.77. The Morgan fingerprint density at radius 3 is 2.54 bits per heavy atom. The summed E-state index contributed by atoms with van der Waals surface area (Å²) >= 11 is 0. The maximum Gasteiger partial charge on any atom is 0.303 e. The van der Waals surface area contributed by atoms with E-state index >= 15 is 0 Å². The summed E-state index contributed by atoms with van der Waals surface area (Å²) in [5.41, 5.74) is 5.44. The van der Waals surface area contributed by atoms with Crippen LogP contribution in [0.3, 0.4) is 0 Å². The fraction of sp³-hybridized carbons (Fsp3) is 0.733. The Morgan fingerprint density at radius 2 is 2.08 bits per heavy atom. The van der Waals surface area contributed by atoms with Gasteiger partial charge in [-0.05, 0) is 13.3 Å². The highest BCUT2D eigenvalue weighted by molar-refractivity contribution is 6.00. The maximum atomic E-state index is 13.7. The molecule has 2 aliphatic heterocycles. The standard InChI is InChI=1S/C15H21F3N4O2/c1-8-11(16)7-22(8)20-14(10-2-3-15(17,18)13(10)19)21-5-9(6-21)4-12(23)24/h8-9,11H,2-7,19H2,1H3,(H,23,24)/t8-,11?/m0/s1. The van der Waals surface area contributed by atoms with Crippen molar-refractivity contribution in [2.75, 3.05) is 19.6 Å². The zero-order valence-electron chi connectivity index (χ0n) is 13.4. The summed E-state index contributed by atoms with van der Waals surface area (Å²) in [4.78, 5) is 12.5.